The predicted octanol–water partition coefficient (Wildman–Crippen LogP) is 6.77. The molecule has 0 saturated heterocycles. The number of fused-ring (bicyclic) bond motifs is 5. The minimum absolute atomic E-state index is 0.108. The lowest BCUT2D eigenvalue weighted by Gasteiger charge is -2.58. The van der Waals surface area contributed by atoms with Crippen LogP contribution >= 0.6 is 0 Å². The van der Waals surface area contributed by atoms with Gasteiger partial charge in [0.05, 0.1) is 6.92 Å². The Labute approximate surface area is 197 Å². The summed E-state index contributed by atoms with van der Waals surface area (Å²) in [6, 6.07) is 0. The van der Waals surface area contributed by atoms with Gasteiger partial charge in [0.15, 0.2) is 6.10 Å². The molecule has 0 spiro atoms. The van der Waals surface area contributed by atoms with Gasteiger partial charge < -0.3 is 9.99 Å². The third-order valence-electron chi connectivity index (χ3n) is 10.7. The zero-order valence-corrected chi connectivity index (χ0v) is 21.6. The molecule has 182 valence electrons. The minimum atomic E-state index is 0.108. The van der Waals surface area contributed by atoms with E-state index < -0.39 is 0 Å². The summed E-state index contributed by atoms with van der Waals surface area (Å²) in [5.74, 6) is 5.41. The van der Waals surface area contributed by atoms with Crippen molar-refractivity contribution < 1.29 is 14.6 Å². The summed E-state index contributed by atoms with van der Waals surface area (Å²) in [5.41, 5.74) is 2.49. The Bertz CT molecular complexity index is 724. The summed E-state index contributed by atoms with van der Waals surface area (Å²) in [4.78, 5) is 0. The van der Waals surface area contributed by atoms with Crippen LogP contribution in [0.3, 0.4) is 0 Å². The van der Waals surface area contributed by atoms with Crippen LogP contribution in [0.2, 0.25) is 0 Å². The van der Waals surface area contributed by atoms with Crippen molar-refractivity contribution in [2.75, 3.05) is 0 Å². The molecule has 0 N–H and O–H groups in total. The van der Waals surface area contributed by atoms with Gasteiger partial charge in [-0.2, -0.15) is 0 Å². The van der Waals surface area contributed by atoms with Crippen molar-refractivity contribution >= 4 is 5.97 Å². The fourth-order valence-electron chi connectivity index (χ4n) is 9.01. The molecule has 0 aromatic heterocycles. The summed E-state index contributed by atoms with van der Waals surface area (Å²) in [6.07, 6.45) is 17.1. The zero-order valence-electron chi connectivity index (χ0n) is 21.6. The van der Waals surface area contributed by atoms with E-state index in [9.17, 15) is 5.26 Å². The van der Waals surface area contributed by atoms with E-state index in [1.165, 1.54) is 57.8 Å². The van der Waals surface area contributed by atoms with Gasteiger partial charge in [-0.25, -0.2) is 0 Å². The molecule has 3 heteroatoms. The Morgan fingerprint density at radius 1 is 1.09 bits per heavy atom. The second-order valence-corrected chi connectivity index (χ2v) is 12.8. The first-order chi connectivity index (χ1) is 15.2. The number of carbonyl (C=O) groups excluding carboxylic acids is 1. The first-order valence-corrected chi connectivity index (χ1v) is 13.7. The molecule has 0 unspecified atom stereocenters. The highest BCUT2D eigenvalue weighted by atomic mass is 17.1. The lowest BCUT2D eigenvalue weighted by Crippen LogP contribution is -2.51. The van der Waals surface area contributed by atoms with Crippen molar-refractivity contribution in [1.29, 1.82) is 0 Å². The van der Waals surface area contributed by atoms with E-state index in [1.807, 2.05) is 0 Å². The molecule has 0 aromatic carbocycles. The molecule has 32 heavy (non-hydrogen) atoms. The van der Waals surface area contributed by atoms with Crippen molar-refractivity contribution in [1.82, 2.24) is 0 Å². The molecular formula is C29H48O3. The first kappa shape index (κ1) is 24.1. The molecule has 0 bridgehead atoms. The second kappa shape index (κ2) is 9.34. The van der Waals surface area contributed by atoms with Crippen molar-refractivity contribution in [3.63, 3.8) is 0 Å². The topological polar surface area (TPSA) is 43.6 Å². The van der Waals surface area contributed by atoms with Gasteiger partial charge in [-0.05, 0) is 84.9 Å². The van der Waals surface area contributed by atoms with Gasteiger partial charge in [-0.1, -0.05) is 65.5 Å². The predicted molar refractivity (Wildman–Crippen MR) is 129 cm³/mol. The standard InChI is InChI=1S/C29H48O3/c1-19(2)8-7-9-20(3)25-12-13-26-24-11-10-22-18-23(31-21(4)32-30)14-16-28(22,5)27(24)15-17-29(25,26)6/h10,19-20,23-27H,7-9,11-18H2,1-6H3/t20-,23+,24+,25-,26+,27+,28+,29-/m1/s1. The van der Waals surface area contributed by atoms with E-state index in [0.717, 1.165) is 48.3 Å². The van der Waals surface area contributed by atoms with Crippen LogP contribution in [0.1, 0.15) is 112 Å². The molecule has 0 aromatic rings. The highest BCUT2D eigenvalue weighted by molar-refractivity contribution is 5.66. The molecule has 4 aliphatic rings. The fraction of sp³-hybridized carbons (Fsp3) is 0.897. The number of ether oxygens (including phenoxy) is 1. The minimum Gasteiger partial charge on any atom is -0.588 e. The highest BCUT2D eigenvalue weighted by Gasteiger charge is 2.59. The third-order valence-corrected chi connectivity index (χ3v) is 10.7. The first-order valence-electron chi connectivity index (χ1n) is 13.7. The maximum atomic E-state index is 10.7. The molecule has 0 heterocycles. The molecular weight excluding hydrogens is 396 g/mol. The van der Waals surface area contributed by atoms with Gasteiger partial charge >= 0.3 is 5.97 Å². The van der Waals surface area contributed by atoms with E-state index in [2.05, 4.69) is 45.3 Å². The molecule has 8 atom stereocenters. The Balaban J connectivity index is 1.46. The monoisotopic (exact) mass is 444 g/mol. The molecule has 3 saturated carbocycles. The van der Waals surface area contributed by atoms with Crippen LogP contribution in [0, 0.1) is 46.3 Å². The molecule has 0 amide bonds. The average Bonchev–Trinajstić information content (AvgIpc) is 3.11. The van der Waals surface area contributed by atoms with Gasteiger partial charge in [-0.15, -0.1) is 0 Å². The van der Waals surface area contributed by atoms with E-state index in [1.54, 1.807) is 12.5 Å². The van der Waals surface area contributed by atoms with E-state index >= 15 is 0 Å². The number of rotatable bonds is 6. The van der Waals surface area contributed by atoms with Gasteiger partial charge in [0.2, 0.25) is 0 Å². The maximum absolute atomic E-state index is 10.7. The Kier molecular flexibility index (Phi) is 7.04. The van der Waals surface area contributed by atoms with Gasteiger partial charge in [0.25, 0.3) is 0 Å². The number of hydrogen-bond donors (Lipinski definition) is 0. The van der Waals surface area contributed by atoms with Gasteiger partial charge in [-0.3, -0.25) is 4.58 Å². The van der Waals surface area contributed by atoms with Crippen molar-refractivity contribution in [3.8, 4) is 0 Å². The van der Waals surface area contributed by atoms with E-state index in [4.69, 9.17) is 4.74 Å². The summed E-state index contributed by atoms with van der Waals surface area (Å²) in [6.45, 7) is 14.2. The maximum Gasteiger partial charge on any atom is 0.494 e. The average molecular weight is 445 g/mol. The molecule has 0 radical (unpaired) electrons. The summed E-state index contributed by atoms with van der Waals surface area (Å²) in [5, 5.41) is 10.7. The molecule has 0 aliphatic heterocycles. The van der Waals surface area contributed by atoms with Gasteiger partial charge in [0.1, 0.15) is 0 Å². The lowest BCUT2D eigenvalue weighted by atomic mass is 9.47. The third kappa shape index (κ3) is 4.27. The van der Waals surface area contributed by atoms with Crippen LogP contribution in [0.4, 0.5) is 0 Å². The van der Waals surface area contributed by atoms with Crippen molar-refractivity contribution in [3.05, 3.63) is 11.6 Å². The van der Waals surface area contributed by atoms with Crippen LogP contribution < -0.4 is 5.26 Å². The van der Waals surface area contributed by atoms with E-state index in [0.29, 0.717) is 10.8 Å². The molecule has 4 aliphatic carbocycles. The smallest absolute Gasteiger partial charge is 0.494 e. The number of esters is 1. The Morgan fingerprint density at radius 2 is 1.88 bits per heavy atom. The molecule has 3 nitrogen and oxygen atoms in total. The number of hydrogen-bond acceptors (Lipinski definition) is 2. The van der Waals surface area contributed by atoms with Crippen LogP contribution in [0.15, 0.2) is 11.6 Å². The Hall–Kier alpha value is -0.990. The van der Waals surface area contributed by atoms with Crippen LogP contribution in [0.5, 0.6) is 0 Å². The fourth-order valence-corrected chi connectivity index (χ4v) is 9.01. The lowest BCUT2D eigenvalue weighted by molar-refractivity contribution is -1.05. The number of allylic oxidation sites excluding steroid dienone is 1. The van der Waals surface area contributed by atoms with Gasteiger partial charge in [0, 0.05) is 12.8 Å². The highest BCUT2D eigenvalue weighted by Crippen LogP contribution is 2.67. The summed E-state index contributed by atoms with van der Waals surface area (Å²) < 4.78 is 9.83. The summed E-state index contributed by atoms with van der Waals surface area (Å²) >= 11 is 0. The van der Waals surface area contributed by atoms with Crippen LogP contribution in [-0.2, 0) is 9.31 Å². The Morgan fingerprint density at radius 3 is 2.59 bits per heavy atom. The molecule has 3 fully saturated rings. The zero-order chi connectivity index (χ0) is 23.1. The van der Waals surface area contributed by atoms with E-state index in [-0.39, 0.29) is 12.1 Å². The van der Waals surface area contributed by atoms with Crippen molar-refractivity contribution in [2.45, 2.75) is 118 Å². The normalized spacial score (nSPS) is 42.7. The largest absolute Gasteiger partial charge is 0.588 e. The summed E-state index contributed by atoms with van der Waals surface area (Å²) in [7, 11) is 0. The van der Waals surface area contributed by atoms with Crippen LogP contribution in [-0.4, -0.2) is 12.1 Å². The second-order valence-electron chi connectivity index (χ2n) is 12.8. The SMILES string of the molecule is CC(O[C@H]1CC[C@@]2(C)C(=CC[C@H]3[C@@H]4CC[C@H]([C@H](C)CCCC(C)C)[C@@]4(C)CC[C@@H]32)C1)=[O+][O-]. The molecule has 4 rings (SSSR count). The van der Waals surface area contributed by atoms with Crippen molar-refractivity contribution in [2.24, 2.45) is 46.3 Å². The van der Waals surface area contributed by atoms with Crippen LogP contribution in [0.25, 0.3) is 0 Å². The quantitative estimate of drug-likeness (QED) is 0.149.